The van der Waals surface area contributed by atoms with Crippen LogP contribution in [0.15, 0.2) is 53.4 Å². The van der Waals surface area contributed by atoms with Gasteiger partial charge in [-0.1, -0.05) is 6.07 Å². The standard InChI is InChI=1S/C22H25N3O6S/c1-30-19-4-2-3-18(14-19)25-15-17(13-21(25)26)23-22(27)16-5-7-20(8-6-16)32(28,29)24-9-11-31-12-10-24/h2-8,14,17H,9-13,15H2,1H3,(H,23,27)/t17-/m1/s1. The molecular formula is C22H25N3O6S. The summed E-state index contributed by atoms with van der Waals surface area (Å²) in [4.78, 5) is 26.9. The molecule has 1 N–H and O–H groups in total. The molecule has 4 rings (SSSR count). The van der Waals surface area contributed by atoms with Gasteiger partial charge >= 0.3 is 0 Å². The smallest absolute Gasteiger partial charge is 0.251 e. The van der Waals surface area contributed by atoms with Crippen LogP contribution in [0.5, 0.6) is 5.75 Å². The quantitative estimate of drug-likeness (QED) is 0.697. The van der Waals surface area contributed by atoms with Gasteiger partial charge < -0.3 is 19.7 Å². The minimum Gasteiger partial charge on any atom is -0.497 e. The number of methoxy groups -OCH3 is 1. The molecule has 0 unspecified atom stereocenters. The van der Waals surface area contributed by atoms with Crippen LogP contribution in [0.3, 0.4) is 0 Å². The minimum atomic E-state index is -3.62. The van der Waals surface area contributed by atoms with Gasteiger partial charge in [0.1, 0.15) is 5.75 Å². The lowest BCUT2D eigenvalue weighted by atomic mass is 10.2. The molecule has 0 aliphatic carbocycles. The Hall–Kier alpha value is -2.95. The third kappa shape index (κ3) is 4.62. The average Bonchev–Trinajstić information content (AvgIpc) is 3.19. The number of morpholine rings is 1. The van der Waals surface area contributed by atoms with E-state index < -0.39 is 10.0 Å². The first kappa shape index (κ1) is 22.3. The molecule has 1 atom stereocenters. The van der Waals surface area contributed by atoms with Crippen LogP contribution in [0, 0.1) is 0 Å². The third-order valence-corrected chi connectivity index (χ3v) is 7.46. The van der Waals surface area contributed by atoms with Gasteiger partial charge in [-0.15, -0.1) is 0 Å². The number of amides is 2. The summed E-state index contributed by atoms with van der Waals surface area (Å²) >= 11 is 0. The summed E-state index contributed by atoms with van der Waals surface area (Å²) < 4.78 is 37.2. The summed E-state index contributed by atoms with van der Waals surface area (Å²) in [5.74, 6) is 0.205. The van der Waals surface area contributed by atoms with Crippen molar-refractivity contribution < 1.29 is 27.5 Å². The van der Waals surface area contributed by atoms with E-state index in [9.17, 15) is 18.0 Å². The first-order valence-electron chi connectivity index (χ1n) is 10.3. The molecule has 2 fully saturated rings. The molecule has 0 saturated carbocycles. The van der Waals surface area contributed by atoms with Crippen LogP contribution in [0.25, 0.3) is 0 Å². The summed E-state index contributed by atoms with van der Waals surface area (Å²) in [5, 5.41) is 2.87. The number of carbonyl (C=O) groups is 2. The fraction of sp³-hybridized carbons (Fsp3) is 0.364. The molecule has 0 bridgehead atoms. The number of benzene rings is 2. The predicted molar refractivity (Wildman–Crippen MR) is 117 cm³/mol. The van der Waals surface area contributed by atoms with Crippen molar-refractivity contribution in [2.45, 2.75) is 17.4 Å². The van der Waals surface area contributed by atoms with Crippen molar-refractivity contribution in [3.05, 3.63) is 54.1 Å². The number of ether oxygens (including phenoxy) is 2. The Kier molecular flexibility index (Phi) is 6.45. The SMILES string of the molecule is COc1cccc(N2C[C@H](NC(=O)c3ccc(S(=O)(=O)N4CCOCC4)cc3)CC2=O)c1. The zero-order valence-corrected chi connectivity index (χ0v) is 18.5. The van der Waals surface area contributed by atoms with E-state index in [0.717, 1.165) is 0 Å². The van der Waals surface area contributed by atoms with E-state index in [1.807, 2.05) is 6.07 Å². The molecule has 0 spiro atoms. The number of anilines is 1. The van der Waals surface area contributed by atoms with Crippen molar-refractivity contribution in [2.75, 3.05) is 44.9 Å². The van der Waals surface area contributed by atoms with E-state index in [2.05, 4.69) is 5.32 Å². The van der Waals surface area contributed by atoms with Crippen LogP contribution in [0.1, 0.15) is 16.8 Å². The molecule has 0 aromatic heterocycles. The number of hydrogen-bond donors (Lipinski definition) is 1. The van der Waals surface area contributed by atoms with E-state index in [4.69, 9.17) is 9.47 Å². The van der Waals surface area contributed by atoms with Crippen molar-refractivity contribution in [3.63, 3.8) is 0 Å². The predicted octanol–water partition coefficient (Wildman–Crippen LogP) is 1.25. The molecule has 10 heteroatoms. The number of nitrogens with one attached hydrogen (secondary N) is 1. The maximum Gasteiger partial charge on any atom is 0.251 e. The molecule has 2 aromatic rings. The highest BCUT2D eigenvalue weighted by Gasteiger charge is 2.32. The van der Waals surface area contributed by atoms with Gasteiger partial charge in [0, 0.05) is 43.4 Å². The molecule has 170 valence electrons. The Morgan fingerprint density at radius 2 is 1.84 bits per heavy atom. The zero-order chi connectivity index (χ0) is 22.7. The van der Waals surface area contributed by atoms with Gasteiger partial charge in [-0.3, -0.25) is 9.59 Å². The van der Waals surface area contributed by atoms with Gasteiger partial charge in [0.25, 0.3) is 5.91 Å². The van der Waals surface area contributed by atoms with E-state index in [1.165, 1.54) is 28.6 Å². The highest BCUT2D eigenvalue weighted by atomic mass is 32.2. The molecule has 2 aliphatic rings. The van der Waals surface area contributed by atoms with E-state index in [0.29, 0.717) is 49.8 Å². The Morgan fingerprint density at radius 3 is 2.53 bits per heavy atom. The number of carbonyl (C=O) groups excluding carboxylic acids is 2. The maximum atomic E-state index is 12.7. The van der Waals surface area contributed by atoms with E-state index in [-0.39, 0.29) is 29.2 Å². The Morgan fingerprint density at radius 1 is 1.12 bits per heavy atom. The number of hydrogen-bond acceptors (Lipinski definition) is 6. The fourth-order valence-electron chi connectivity index (χ4n) is 3.82. The molecule has 2 aromatic carbocycles. The molecule has 0 radical (unpaired) electrons. The van der Waals surface area contributed by atoms with Crippen molar-refractivity contribution in [3.8, 4) is 5.75 Å². The van der Waals surface area contributed by atoms with Gasteiger partial charge in [0.05, 0.1) is 31.3 Å². The summed E-state index contributed by atoms with van der Waals surface area (Å²) in [7, 11) is -2.06. The van der Waals surface area contributed by atoms with Crippen LogP contribution >= 0.6 is 0 Å². The molecular weight excluding hydrogens is 434 g/mol. The normalized spacial score (nSPS) is 19.7. The van der Waals surface area contributed by atoms with E-state index >= 15 is 0 Å². The molecule has 2 heterocycles. The molecule has 9 nitrogen and oxygen atoms in total. The summed E-state index contributed by atoms with van der Waals surface area (Å²) in [6, 6.07) is 12.7. The van der Waals surface area contributed by atoms with Crippen LogP contribution in [-0.4, -0.2) is 70.5 Å². The zero-order valence-electron chi connectivity index (χ0n) is 17.7. The van der Waals surface area contributed by atoms with Gasteiger partial charge in [-0.2, -0.15) is 4.31 Å². The Bertz CT molecular complexity index is 1100. The van der Waals surface area contributed by atoms with Crippen molar-refractivity contribution in [2.24, 2.45) is 0 Å². The second kappa shape index (κ2) is 9.27. The molecule has 2 aliphatic heterocycles. The van der Waals surface area contributed by atoms with Crippen molar-refractivity contribution >= 4 is 27.5 Å². The van der Waals surface area contributed by atoms with Crippen LogP contribution in [0.2, 0.25) is 0 Å². The fourth-order valence-corrected chi connectivity index (χ4v) is 5.22. The first-order chi connectivity index (χ1) is 15.4. The minimum absolute atomic E-state index is 0.0875. The summed E-state index contributed by atoms with van der Waals surface area (Å²) in [5.41, 5.74) is 1.04. The van der Waals surface area contributed by atoms with Gasteiger partial charge in [0.15, 0.2) is 0 Å². The molecule has 2 amide bonds. The second-order valence-corrected chi connectivity index (χ2v) is 9.56. The van der Waals surface area contributed by atoms with Gasteiger partial charge in [-0.05, 0) is 36.4 Å². The second-order valence-electron chi connectivity index (χ2n) is 7.62. The average molecular weight is 460 g/mol. The van der Waals surface area contributed by atoms with Gasteiger partial charge in [0.2, 0.25) is 15.9 Å². The number of nitrogens with zero attached hydrogens (tertiary/aromatic N) is 2. The van der Waals surface area contributed by atoms with Crippen LogP contribution in [0.4, 0.5) is 5.69 Å². The first-order valence-corrected chi connectivity index (χ1v) is 11.8. The van der Waals surface area contributed by atoms with E-state index in [1.54, 1.807) is 30.2 Å². The van der Waals surface area contributed by atoms with Crippen molar-refractivity contribution in [1.82, 2.24) is 9.62 Å². The molecule has 2 saturated heterocycles. The highest BCUT2D eigenvalue weighted by Crippen LogP contribution is 2.25. The van der Waals surface area contributed by atoms with Crippen molar-refractivity contribution in [1.29, 1.82) is 0 Å². The lowest BCUT2D eigenvalue weighted by Crippen LogP contribution is -2.40. The number of rotatable bonds is 6. The topological polar surface area (TPSA) is 105 Å². The lowest BCUT2D eigenvalue weighted by Gasteiger charge is -2.26. The lowest BCUT2D eigenvalue weighted by molar-refractivity contribution is -0.117. The Labute approximate surface area is 187 Å². The monoisotopic (exact) mass is 459 g/mol. The van der Waals surface area contributed by atoms with Crippen LogP contribution < -0.4 is 15.0 Å². The van der Waals surface area contributed by atoms with Crippen LogP contribution in [-0.2, 0) is 19.6 Å². The Balaban J connectivity index is 1.40. The summed E-state index contributed by atoms with van der Waals surface area (Å²) in [6.07, 6.45) is 0.187. The van der Waals surface area contributed by atoms with Gasteiger partial charge in [-0.25, -0.2) is 8.42 Å². The third-order valence-electron chi connectivity index (χ3n) is 5.55. The maximum absolute atomic E-state index is 12.7. The largest absolute Gasteiger partial charge is 0.497 e. The summed E-state index contributed by atoms with van der Waals surface area (Å²) in [6.45, 7) is 1.70. The highest BCUT2D eigenvalue weighted by molar-refractivity contribution is 7.89. The number of sulfonamides is 1. The molecule has 32 heavy (non-hydrogen) atoms.